The van der Waals surface area contributed by atoms with Gasteiger partial charge in [-0.25, -0.2) is 27.7 Å². The molecule has 0 unspecified atom stereocenters. The van der Waals surface area contributed by atoms with E-state index in [4.69, 9.17) is 10.5 Å². The predicted octanol–water partition coefficient (Wildman–Crippen LogP) is 4.79. The van der Waals surface area contributed by atoms with Crippen LogP contribution in [0, 0.1) is 12.7 Å². The van der Waals surface area contributed by atoms with Gasteiger partial charge in [0.1, 0.15) is 11.5 Å². The SMILES string of the molecule is Cc1cc(-c2c(OCc3nc4ccccn4n3)nc(N)nc2-c2ccc(F)cc2)cc(C(F)F)n1. The van der Waals surface area contributed by atoms with Crippen LogP contribution in [-0.2, 0) is 6.61 Å². The molecule has 0 saturated heterocycles. The number of fused-ring (bicyclic) bond motifs is 1. The number of benzene rings is 1. The maximum Gasteiger partial charge on any atom is 0.280 e. The van der Waals surface area contributed by atoms with E-state index in [1.54, 1.807) is 29.8 Å². The van der Waals surface area contributed by atoms with Crippen molar-refractivity contribution >= 4 is 11.6 Å². The molecule has 176 valence electrons. The molecule has 0 radical (unpaired) electrons. The van der Waals surface area contributed by atoms with Gasteiger partial charge in [0.05, 0.1) is 11.3 Å². The molecule has 0 aliphatic rings. The highest BCUT2D eigenvalue weighted by molar-refractivity contribution is 5.85. The Morgan fingerprint density at radius 2 is 1.77 bits per heavy atom. The molecule has 11 heteroatoms. The fourth-order valence-electron chi connectivity index (χ4n) is 3.66. The summed E-state index contributed by atoms with van der Waals surface area (Å²) in [5.41, 5.74) is 8.01. The van der Waals surface area contributed by atoms with E-state index in [9.17, 15) is 13.2 Å². The number of nitrogen functional groups attached to an aromatic ring is 1. The standard InChI is InChI=1S/C24H18F3N7O/c1-13-10-15(11-17(29-13)22(26)27)20-21(14-5-7-16(25)8-6-14)31-24(28)32-23(20)35-12-18-30-19-4-2-3-9-34(19)33-18/h2-11,22H,12H2,1H3,(H2,28,31,32). The van der Waals surface area contributed by atoms with E-state index in [1.807, 2.05) is 12.1 Å². The minimum atomic E-state index is -2.79. The molecule has 2 N–H and O–H groups in total. The largest absolute Gasteiger partial charge is 0.469 e. The van der Waals surface area contributed by atoms with Gasteiger partial charge in [0.15, 0.2) is 18.1 Å². The van der Waals surface area contributed by atoms with Gasteiger partial charge in [-0.15, -0.1) is 5.10 Å². The molecule has 0 amide bonds. The second-order valence-electron chi connectivity index (χ2n) is 7.66. The average Bonchev–Trinajstić information content (AvgIpc) is 3.25. The van der Waals surface area contributed by atoms with Crippen LogP contribution in [0.25, 0.3) is 28.0 Å². The van der Waals surface area contributed by atoms with Crippen molar-refractivity contribution in [1.29, 1.82) is 0 Å². The zero-order chi connectivity index (χ0) is 24.5. The Kier molecular flexibility index (Phi) is 5.73. The summed E-state index contributed by atoms with van der Waals surface area (Å²) < 4.78 is 48.2. The summed E-state index contributed by atoms with van der Waals surface area (Å²) in [5.74, 6) is -0.124. The van der Waals surface area contributed by atoms with Crippen molar-refractivity contribution in [2.75, 3.05) is 5.73 Å². The molecule has 0 aliphatic carbocycles. The summed E-state index contributed by atoms with van der Waals surface area (Å²) in [6, 6.07) is 13.9. The van der Waals surface area contributed by atoms with E-state index in [0.29, 0.717) is 39.5 Å². The average molecular weight is 477 g/mol. The number of hydrogen-bond acceptors (Lipinski definition) is 7. The Balaban J connectivity index is 1.65. The second-order valence-corrected chi connectivity index (χ2v) is 7.66. The molecule has 8 nitrogen and oxygen atoms in total. The number of nitrogens with zero attached hydrogens (tertiary/aromatic N) is 6. The number of anilines is 1. The monoisotopic (exact) mass is 477 g/mol. The summed E-state index contributed by atoms with van der Waals surface area (Å²) in [5, 5.41) is 4.35. The van der Waals surface area contributed by atoms with Gasteiger partial charge in [-0.2, -0.15) is 4.98 Å². The van der Waals surface area contributed by atoms with Crippen molar-refractivity contribution in [2.24, 2.45) is 0 Å². The Bertz CT molecular complexity index is 1490. The number of alkyl halides is 2. The number of pyridine rings is 2. The van der Waals surface area contributed by atoms with Gasteiger partial charge in [-0.3, -0.25) is 4.98 Å². The lowest BCUT2D eigenvalue weighted by molar-refractivity contribution is 0.146. The number of aromatic nitrogens is 6. The van der Waals surface area contributed by atoms with Crippen LogP contribution in [0.4, 0.5) is 19.1 Å². The van der Waals surface area contributed by atoms with Gasteiger partial charge in [-0.1, -0.05) is 6.07 Å². The Labute approximate surface area is 197 Å². The normalized spacial score (nSPS) is 11.3. The lowest BCUT2D eigenvalue weighted by atomic mass is 9.99. The summed E-state index contributed by atoms with van der Waals surface area (Å²) in [7, 11) is 0. The van der Waals surface area contributed by atoms with Crippen LogP contribution in [-0.4, -0.2) is 29.5 Å². The molecule has 0 saturated carbocycles. The molecule has 5 rings (SSSR count). The number of aryl methyl sites for hydroxylation is 1. The molecule has 4 aromatic heterocycles. The maximum absolute atomic E-state index is 13.6. The molecule has 4 heterocycles. The zero-order valence-electron chi connectivity index (χ0n) is 18.4. The molecule has 0 aliphatic heterocycles. The van der Waals surface area contributed by atoms with Crippen molar-refractivity contribution in [3.63, 3.8) is 0 Å². The molecule has 0 atom stereocenters. The van der Waals surface area contributed by atoms with Crippen molar-refractivity contribution in [3.05, 3.63) is 83.8 Å². The van der Waals surface area contributed by atoms with E-state index in [0.717, 1.165) is 0 Å². The Morgan fingerprint density at radius 1 is 0.971 bits per heavy atom. The zero-order valence-corrected chi connectivity index (χ0v) is 18.4. The van der Waals surface area contributed by atoms with Crippen molar-refractivity contribution in [1.82, 2.24) is 29.5 Å². The number of nitrogens with two attached hydrogens (primary N) is 1. The molecular weight excluding hydrogens is 459 g/mol. The van der Waals surface area contributed by atoms with E-state index in [-0.39, 0.29) is 18.4 Å². The highest BCUT2D eigenvalue weighted by Gasteiger charge is 2.22. The van der Waals surface area contributed by atoms with Crippen molar-refractivity contribution < 1.29 is 17.9 Å². The van der Waals surface area contributed by atoms with Gasteiger partial charge in [-0.05, 0) is 61.0 Å². The third kappa shape index (κ3) is 4.60. The second kappa shape index (κ2) is 9.01. The number of halogens is 3. The summed E-state index contributed by atoms with van der Waals surface area (Å²) in [6.07, 6.45) is -1.04. The fraction of sp³-hybridized carbons (Fsp3) is 0.125. The maximum atomic E-state index is 13.6. The molecule has 0 bridgehead atoms. The van der Waals surface area contributed by atoms with Crippen LogP contribution >= 0.6 is 0 Å². The quantitative estimate of drug-likeness (QED) is 0.375. The Hall–Kier alpha value is -4.54. The van der Waals surface area contributed by atoms with E-state index in [2.05, 4.69) is 25.0 Å². The first-order valence-corrected chi connectivity index (χ1v) is 10.5. The smallest absolute Gasteiger partial charge is 0.280 e. The number of hydrogen-bond donors (Lipinski definition) is 1. The molecule has 5 aromatic rings. The first-order valence-electron chi connectivity index (χ1n) is 10.5. The van der Waals surface area contributed by atoms with Gasteiger partial charge in [0.2, 0.25) is 11.8 Å². The lowest BCUT2D eigenvalue weighted by Gasteiger charge is -2.16. The topological polar surface area (TPSA) is 104 Å². The summed E-state index contributed by atoms with van der Waals surface area (Å²) in [6.45, 7) is 1.53. The van der Waals surface area contributed by atoms with Crippen LogP contribution in [0.1, 0.15) is 23.6 Å². The third-order valence-electron chi connectivity index (χ3n) is 5.12. The fourth-order valence-corrected chi connectivity index (χ4v) is 3.66. The minimum Gasteiger partial charge on any atom is -0.469 e. The molecule has 0 spiro atoms. The summed E-state index contributed by atoms with van der Waals surface area (Å²) in [4.78, 5) is 16.9. The van der Waals surface area contributed by atoms with E-state index >= 15 is 0 Å². The van der Waals surface area contributed by atoms with E-state index < -0.39 is 17.9 Å². The first-order chi connectivity index (χ1) is 16.9. The van der Waals surface area contributed by atoms with Crippen LogP contribution in [0.15, 0.2) is 60.8 Å². The van der Waals surface area contributed by atoms with Crippen LogP contribution in [0.5, 0.6) is 5.88 Å². The number of ether oxygens (including phenoxy) is 1. The molecular formula is C24H18F3N7O. The predicted molar refractivity (Wildman–Crippen MR) is 122 cm³/mol. The Morgan fingerprint density at radius 3 is 2.51 bits per heavy atom. The van der Waals surface area contributed by atoms with Crippen LogP contribution in [0.2, 0.25) is 0 Å². The van der Waals surface area contributed by atoms with Gasteiger partial charge < -0.3 is 10.5 Å². The molecule has 1 aromatic carbocycles. The van der Waals surface area contributed by atoms with Crippen molar-refractivity contribution in [2.45, 2.75) is 20.0 Å². The lowest BCUT2D eigenvalue weighted by Crippen LogP contribution is -2.07. The third-order valence-corrected chi connectivity index (χ3v) is 5.12. The van der Waals surface area contributed by atoms with Gasteiger partial charge >= 0.3 is 0 Å². The summed E-state index contributed by atoms with van der Waals surface area (Å²) >= 11 is 0. The van der Waals surface area contributed by atoms with Crippen molar-refractivity contribution in [3.8, 4) is 28.3 Å². The first kappa shape index (κ1) is 22.3. The number of rotatable bonds is 6. The minimum absolute atomic E-state index is 0.0431. The van der Waals surface area contributed by atoms with Crippen LogP contribution < -0.4 is 10.5 Å². The van der Waals surface area contributed by atoms with Gasteiger partial charge in [0, 0.05) is 17.5 Å². The highest BCUT2D eigenvalue weighted by atomic mass is 19.3. The highest BCUT2D eigenvalue weighted by Crippen LogP contribution is 2.39. The van der Waals surface area contributed by atoms with Gasteiger partial charge in [0.25, 0.3) is 6.43 Å². The molecule has 0 fully saturated rings. The van der Waals surface area contributed by atoms with E-state index in [1.165, 1.54) is 30.3 Å². The van der Waals surface area contributed by atoms with Crippen LogP contribution in [0.3, 0.4) is 0 Å². The molecule has 35 heavy (non-hydrogen) atoms.